The Morgan fingerprint density at radius 3 is 1.47 bits per heavy atom. The maximum absolute atomic E-state index is 12.6. The Hall–Kier alpha value is -0.500. The Kier molecular flexibility index (Phi) is 5.96. The van der Waals surface area contributed by atoms with E-state index in [9.17, 15) is 26.3 Å². The average molecular weight is 240 g/mol. The van der Waals surface area contributed by atoms with Gasteiger partial charge in [-0.2, -0.15) is 0 Å². The molecule has 15 heavy (non-hydrogen) atoms. The van der Waals surface area contributed by atoms with Crippen LogP contribution in [0.4, 0.5) is 26.3 Å². The Morgan fingerprint density at radius 2 is 1.13 bits per heavy atom. The maximum Gasteiger partial charge on any atom is 0.186 e. The van der Waals surface area contributed by atoms with Gasteiger partial charge in [-0.1, -0.05) is 0 Å². The van der Waals surface area contributed by atoms with Crippen molar-refractivity contribution in [3.05, 3.63) is 0 Å². The predicted molar refractivity (Wildman–Crippen MR) is 38.7 cm³/mol. The first-order valence-electron chi connectivity index (χ1n) is 3.95. The van der Waals surface area contributed by atoms with E-state index in [4.69, 9.17) is 10.2 Å². The molecule has 0 spiro atoms. The maximum atomic E-state index is 12.6. The summed E-state index contributed by atoms with van der Waals surface area (Å²) < 4.78 is 73.8. The van der Waals surface area contributed by atoms with E-state index in [1.165, 1.54) is 0 Å². The molecule has 0 saturated carbocycles. The Balaban J connectivity index is 4.36. The molecule has 0 radical (unpaired) electrons. The van der Waals surface area contributed by atoms with Crippen LogP contribution in [0.3, 0.4) is 0 Å². The van der Waals surface area contributed by atoms with Gasteiger partial charge < -0.3 is 10.2 Å². The molecule has 0 saturated heterocycles. The summed E-state index contributed by atoms with van der Waals surface area (Å²) in [7, 11) is 0. The topological polar surface area (TPSA) is 40.5 Å². The molecule has 0 aromatic rings. The fraction of sp³-hybridized carbons (Fsp3) is 1.00. The lowest BCUT2D eigenvalue weighted by Crippen LogP contribution is -2.44. The van der Waals surface area contributed by atoms with E-state index in [1.54, 1.807) is 0 Å². The molecule has 5 unspecified atom stereocenters. The van der Waals surface area contributed by atoms with Gasteiger partial charge in [-0.3, -0.25) is 0 Å². The highest BCUT2D eigenvalue weighted by molar-refractivity contribution is 4.86. The summed E-state index contributed by atoms with van der Waals surface area (Å²) in [5.74, 6) is 0. The molecule has 0 amide bonds. The molecule has 0 rings (SSSR count). The zero-order chi connectivity index (χ0) is 12.2. The number of alkyl halides is 6. The number of aliphatic hydroxyl groups is 2. The number of rotatable bonds is 6. The second-order valence-corrected chi connectivity index (χ2v) is 2.86. The Labute approximate surface area is 81.5 Å². The molecule has 8 heteroatoms. The van der Waals surface area contributed by atoms with Crippen LogP contribution in [0.5, 0.6) is 0 Å². The smallest absolute Gasteiger partial charge is 0.186 e. The van der Waals surface area contributed by atoms with Gasteiger partial charge in [0.1, 0.15) is 6.67 Å². The second kappa shape index (κ2) is 6.16. The highest BCUT2D eigenvalue weighted by Gasteiger charge is 2.42. The molecule has 0 aliphatic carbocycles. The zero-order valence-corrected chi connectivity index (χ0v) is 7.33. The van der Waals surface area contributed by atoms with Gasteiger partial charge in [-0.25, -0.2) is 26.3 Å². The summed E-state index contributed by atoms with van der Waals surface area (Å²) in [6, 6.07) is 0. The second-order valence-electron chi connectivity index (χ2n) is 2.86. The first-order chi connectivity index (χ1) is 6.82. The normalized spacial score (nSPS) is 22.2. The van der Waals surface area contributed by atoms with Crippen LogP contribution in [-0.4, -0.2) is 54.0 Å². The minimum atomic E-state index is -3.30. The zero-order valence-electron chi connectivity index (χ0n) is 7.33. The average Bonchev–Trinajstić information content (AvgIpc) is 2.23. The lowest BCUT2D eigenvalue weighted by Gasteiger charge is -2.22. The van der Waals surface area contributed by atoms with Gasteiger partial charge in [0.05, 0.1) is 0 Å². The van der Waals surface area contributed by atoms with E-state index in [1.807, 2.05) is 0 Å². The molecular formula is C7H10F6O2. The monoisotopic (exact) mass is 240 g/mol. The van der Waals surface area contributed by atoms with Crippen LogP contribution in [-0.2, 0) is 0 Å². The van der Waals surface area contributed by atoms with Crippen molar-refractivity contribution in [2.45, 2.75) is 37.1 Å². The first kappa shape index (κ1) is 14.5. The van der Waals surface area contributed by atoms with Crippen molar-refractivity contribution in [3.63, 3.8) is 0 Å². The van der Waals surface area contributed by atoms with Gasteiger partial charge in [0, 0.05) is 0 Å². The standard InChI is InChI=1S/C7H10F6O2/c8-1-2(9)3(10)4(11)5(12)6(13)7(14)15/h2-7,14-15H,1H2. The third-order valence-corrected chi connectivity index (χ3v) is 1.69. The summed E-state index contributed by atoms with van der Waals surface area (Å²) in [5, 5.41) is 16.2. The SMILES string of the molecule is OC(O)C(F)C(F)C(F)C(F)C(F)CF. The quantitative estimate of drug-likeness (QED) is 0.536. The summed E-state index contributed by atoms with van der Waals surface area (Å²) in [6.45, 7) is -1.88. The molecule has 0 bridgehead atoms. The van der Waals surface area contributed by atoms with Crippen LogP contribution in [0.25, 0.3) is 0 Å². The third-order valence-electron chi connectivity index (χ3n) is 1.69. The van der Waals surface area contributed by atoms with Crippen molar-refractivity contribution in [1.29, 1.82) is 0 Å². The van der Waals surface area contributed by atoms with E-state index in [0.717, 1.165) is 0 Å². The van der Waals surface area contributed by atoms with Crippen LogP contribution in [0, 0.1) is 0 Å². The predicted octanol–water partition coefficient (Wildman–Crippen LogP) is 0.957. The molecular weight excluding hydrogens is 230 g/mol. The van der Waals surface area contributed by atoms with E-state index >= 15 is 0 Å². The molecule has 2 N–H and O–H groups in total. The summed E-state index contributed by atoms with van der Waals surface area (Å²) in [6.07, 6.45) is -18.7. The molecule has 0 heterocycles. The van der Waals surface area contributed by atoms with Crippen LogP contribution in [0.1, 0.15) is 0 Å². The molecule has 5 atom stereocenters. The van der Waals surface area contributed by atoms with Gasteiger partial charge in [0.2, 0.25) is 0 Å². The fourth-order valence-corrected chi connectivity index (χ4v) is 0.800. The van der Waals surface area contributed by atoms with Crippen molar-refractivity contribution in [3.8, 4) is 0 Å². The first-order valence-corrected chi connectivity index (χ1v) is 3.95. The highest BCUT2D eigenvalue weighted by atomic mass is 19.2. The lowest BCUT2D eigenvalue weighted by atomic mass is 10.0. The number of halogens is 6. The number of hydrogen-bond acceptors (Lipinski definition) is 2. The molecule has 0 fully saturated rings. The van der Waals surface area contributed by atoms with Gasteiger partial charge in [-0.05, 0) is 0 Å². The number of aliphatic hydroxyl groups excluding tert-OH is 1. The molecule has 92 valence electrons. The molecule has 2 nitrogen and oxygen atoms in total. The van der Waals surface area contributed by atoms with Gasteiger partial charge in [0.15, 0.2) is 37.1 Å². The van der Waals surface area contributed by atoms with Crippen LogP contribution >= 0.6 is 0 Å². The van der Waals surface area contributed by atoms with Crippen molar-refractivity contribution in [2.24, 2.45) is 0 Å². The van der Waals surface area contributed by atoms with Crippen molar-refractivity contribution < 1.29 is 36.6 Å². The number of hydrogen-bond donors (Lipinski definition) is 2. The van der Waals surface area contributed by atoms with Crippen molar-refractivity contribution >= 4 is 0 Å². The van der Waals surface area contributed by atoms with Crippen molar-refractivity contribution in [1.82, 2.24) is 0 Å². The lowest BCUT2D eigenvalue weighted by molar-refractivity contribution is -0.131. The van der Waals surface area contributed by atoms with E-state index in [-0.39, 0.29) is 0 Å². The highest BCUT2D eigenvalue weighted by Crippen LogP contribution is 2.22. The molecule has 0 aromatic heterocycles. The van der Waals surface area contributed by atoms with Gasteiger partial charge in [0.25, 0.3) is 0 Å². The van der Waals surface area contributed by atoms with Crippen LogP contribution in [0.2, 0.25) is 0 Å². The molecule has 0 aromatic carbocycles. The van der Waals surface area contributed by atoms with E-state index < -0.39 is 43.8 Å². The Bertz CT molecular complexity index is 181. The summed E-state index contributed by atoms with van der Waals surface area (Å²) in [5.41, 5.74) is 0. The van der Waals surface area contributed by atoms with Gasteiger partial charge >= 0.3 is 0 Å². The summed E-state index contributed by atoms with van der Waals surface area (Å²) in [4.78, 5) is 0. The Morgan fingerprint density at radius 1 is 0.733 bits per heavy atom. The van der Waals surface area contributed by atoms with E-state index in [0.29, 0.717) is 0 Å². The minimum Gasteiger partial charge on any atom is -0.366 e. The van der Waals surface area contributed by atoms with Crippen molar-refractivity contribution in [2.75, 3.05) is 6.67 Å². The fourth-order valence-electron chi connectivity index (χ4n) is 0.800. The molecule has 0 aliphatic rings. The van der Waals surface area contributed by atoms with E-state index in [2.05, 4.69) is 0 Å². The van der Waals surface area contributed by atoms with Gasteiger partial charge in [-0.15, -0.1) is 0 Å². The third kappa shape index (κ3) is 3.86. The summed E-state index contributed by atoms with van der Waals surface area (Å²) >= 11 is 0. The van der Waals surface area contributed by atoms with Crippen LogP contribution < -0.4 is 0 Å². The largest absolute Gasteiger partial charge is 0.366 e. The molecule has 0 aliphatic heterocycles. The van der Waals surface area contributed by atoms with Crippen LogP contribution in [0.15, 0.2) is 0 Å². The minimum absolute atomic E-state index is 1.88.